The largest absolute Gasteiger partial charge is 0.325 e. The molecule has 0 saturated carbocycles. The van der Waals surface area contributed by atoms with Crippen LogP contribution in [-0.2, 0) is 6.54 Å². The second-order valence-electron chi connectivity index (χ2n) is 5.04. The van der Waals surface area contributed by atoms with Gasteiger partial charge in [0.15, 0.2) is 0 Å². The second-order valence-corrected chi connectivity index (χ2v) is 5.98. The molecular formula is C15H18ClN3OS. The molecule has 6 heteroatoms. The summed E-state index contributed by atoms with van der Waals surface area (Å²) >= 11 is 1.44. The van der Waals surface area contributed by atoms with Crippen LogP contribution in [0.3, 0.4) is 0 Å². The normalized spacial score (nSPS) is 17.0. The fourth-order valence-electron chi connectivity index (χ4n) is 2.60. The summed E-state index contributed by atoms with van der Waals surface area (Å²) in [6.45, 7) is 3.33. The van der Waals surface area contributed by atoms with Crippen LogP contribution in [0.2, 0.25) is 0 Å². The molecule has 0 saturated heterocycles. The van der Waals surface area contributed by atoms with Crippen LogP contribution in [0.25, 0.3) is 0 Å². The third-order valence-corrected chi connectivity index (χ3v) is 4.61. The molecule has 1 aliphatic rings. The Balaban J connectivity index is 0.00000161. The molecule has 1 atom stereocenters. The maximum atomic E-state index is 12.6. The highest BCUT2D eigenvalue weighted by molar-refractivity contribution is 7.09. The fraction of sp³-hybridized carbons (Fsp3) is 0.333. The van der Waals surface area contributed by atoms with Gasteiger partial charge in [-0.05, 0) is 24.0 Å². The molecule has 3 rings (SSSR count). The van der Waals surface area contributed by atoms with Crippen molar-refractivity contribution in [2.24, 2.45) is 5.73 Å². The molecule has 0 spiro atoms. The number of hydrogen-bond acceptors (Lipinski definition) is 4. The lowest BCUT2D eigenvalue weighted by Crippen LogP contribution is -2.36. The number of nitrogens with zero attached hydrogens (tertiary/aromatic N) is 2. The molecule has 2 heterocycles. The van der Waals surface area contributed by atoms with E-state index in [1.54, 1.807) is 5.38 Å². The van der Waals surface area contributed by atoms with Crippen molar-refractivity contribution in [3.63, 3.8) is 0 Å². The topological polar surface area (TPSA) is 59.2 Å². The minimum Gasteiger partial charge on any atom is -0.325 e. The Morgan fingerprint density at radius 1 is 1.48 bits per heavy atom. The van der Waals surface area contributed by atoms with Crippen molar-refractivity contribution in [2.45, 2.75) is 25.8 Å². The molecule has 2 aromatic rings. The van der Waals surface area contributed by atoms with E-state index in [2.05, 4.69) is 18.0 Å². The number of para-hydroxylation sites is 1. The van der Waals surface area contributed by atoms with E-state index >= 15 is 0 Å². The lowest BCUT2D eigenvalue weighted by atomic mass is 9.91. The van der Waals surface area contributed by atoms with Crippen molar-refractivity contribution in [3.8, 4) is 0 Å². The Bertz CT molecular complexity index is 643. The van der Waals surface area contributed by atoms with Crippen LogP contribution >= 0.6 is 23.7 Å². The number of amides is 1. The molecule has 21 heavy (non-hydrogen) atoms. The van der Waals surface area contributed by atoms with E-state index in [0.717, 1.165) is 23.7 Å². The van der Waals surface area contributed by atoms with E-state index in [4.69, 9.17) is 5.73 Å². The molecule has 2 N–H and O–H groups in total. The van der Waals surface area contributed by atoms with Gasteiger partial charge in [-0.25, -0.2) is 4.98 Å². The van der Waals surface area contributed by atoms with Crippen LogP contribution in [-0.4, -0.2) is 17.4 Å². The average molecular weight is 324 g/mol. The van der Waals surface area contributed by atoms with Crippen molar-refractivity contribution in [1.82, 2.24) is 4.98 Å². The lowest BCUT2D eigenvalue weighted by molar-refractivity contribution is 0.0980. The number of carbonyl (C=O) groups excluding carboxylic acids is 1. The van der Waals surface area contributed by atoms with Gasteiger partial charge in [-0.1, -0.05) is 25.1 Å². The Kier molecular flexibility index (Phi) is 4.98. The van der Waals surface area contributed by atoms with Crippen molar-refractivity contribution in [2.75, 3.05) is 11.4 Å². The van der Waals surface area contributed by atoms with E-state index in [0.29, 0.717) is 18.2 Å². The highest BCUT2D eigenvalue weighted by atomic mass is 35.5. The molecule has 112 valence electrons. The molecule has 4 nitrogen and oxygen atoms in total. The van der Waals surface area contributed by atoms with E-state index in [1.807, 2.05) is 23.1 Å². The standard InChI is InChI=1S/C15H17N3OS.ClH/c1-10-6-7-18(13-5-3-2-4-11(10)13)15(19)12-9-20-14(8-16)17-12;/h2-5,9-10H,6-8,16H2,1H3;1H. The average Bonchev–Trinajstić information content (AvgIpc) is 2.96. The number of rotatable bonds is 2. The van der Waals surface area contributed by atoms with Gasteiger partial charge in [-0.15, -0.1) is 23.7 Å². The first-order valence-electron chi connectivity index (χ1n) is 6.76. The van der Waals surface area contributed by atoms with Gasteiger partial charge in [0.25, 0.3) is 5.91 Å². The Morgan fingerprint density at radius 2 is 2.24 bits per heavy atom. The Labute approximate surface area is 134 Å². The number of hydrogen-bond donors (Lipinski definition) is 1. The molecule has 0 fully saturated rings. The molecule has 1 aromatic carbocycles. The molecule has 0 bridgehead atoms. The van der Waals surface area contributed by atoms with Gasteiger partial charge in [0, 0.05) is 24.2 Å². The van der Waals surface area contributed by atoms with Crippen molar-refractivity contribution in [3.05, 3.63) is 45.9 Å². The monoisotopic (exact) mass is 323 g/mol. The molecule has 0 radical (unpaired) electrons. The quantitative estimate of drug-likeness (QED) is 0.923. The van der Waals surface area contributed by atoms with E-state index in [1.165, 1.54) is 16.9 Å². The number of fused-ring (bicyclic) bond motifs is 1. The van der Waals surface area contributed by atoms with Gasteiger partial charge in [-0.2, -0.15) is 0 Å². The second kappa shape index (κ2) is 6.56. The summed E-state index contributed by atoms with van der Waals surface area (Å²) in [5.74, 6) is 0.464. The number of thiazole rings is 1. The predicted octanol–water partition coefficient (Wildman–Crippen LogP) is 3.18. The van der Waals surface area contributed by atoms with Crippen LogP contribution in [0.4, 0.5) is 5.69 Å². The van der Waals surface area contributed by atoms with Gasteiger partial charge < -0.3 is 10.6 Å². The minimum absolute atomic E-state index is 0. The number of benzene rings is 1. The highest BCUT2D eigenvalue weighted by Crippen LogP contribution is 2.35. The summed E-state index contributed by atoms with van der Waals surface area (Å²) in [5, 5.41) is 2.59. The third kappa shape index (κ3) is 2.95. The smallest absolute Gasteiger partial charge is 0.277 e. The molecule has 0 aliphatic carbocycles. The number of anilines is 1. The molecule has 1 unspecified atom stereocenters. The zero-order valence-corrected chi connectivity index (χ0v) is 13.4. The summed E-state index contributed by atoms with van der Waals surface area (Å²) in [5.41, 5.74) is 8.31. The number of carbonyl (C=O) groups is 1. The Hall–Kier alpha value is -1.43. The van der Waals surface area contributed by atoms with Crippen LogP contribution in [0, 0.1) is 0 Å². The maximum Gasteiger partial charge on any atom is 0.277 e. The van der Waals surface area contributed by atoms with E-state index < -0.39 is 0 Å². The SMILES string of the molecule is CC1CCN(C(=O)c2csc(CN)n2)c2ccccc21.Cl. The first kappa shape index (κ1) is 15.9. The van der Waals surface area contributed by atoms with E-state index in [9.17, 15) is 4.79 Å². The zero-order chi connectivity index (χ0) is 14.1. The van der Waals surface area contributed by atoms with Gasteiger partial charge in [0.1, 0.15) is 10.7 Å². The maximum absolute atomic E-state index is 12.6. The number of halogens is 1. The predicted molar refractivity (Wildman–Crippen MR) is 88.4 cm³/mol. The van der Waals surface area contributed by atoms with Gasteiger partial charge >= 0.3 is 0 Å². The lowest BCUT2D eigenvalue weighted by Gasteiger charge is -2.32. The molecular weight excluding hydrogens is 306 g/mol. The summed E-state index contributed by atoms with van der Waals surface area (Å²) in [6.07, 6.45) is 0.983. The van der Waals surface area contributed by atoms with Gasteiger partial charge in [0.05, 0.1) is 0 Å². The van der Waals surface area contributed by atoms with Crippen molar-refractivity contribution < 1.29 is 4.79 Å². The first-order chi connectivity index (χ1) is 9.70. The van der Waals surface area contributed by atoms with Crippen LogP contribution in [0.1, 0.15) is 40.3 Å². The third-order valence-electron chi connectivity index (χ3n) is 3.73. The minimum atomic E-state index is -0.0275. The van der Waals surface area contributed by atoms with Gasteiger partial charge in [0.2, 0.25) is 0 Å². The Morgan fingerprint density at radius 3 is 2.95 bits per heavy atom. The van der Waals surface area contributed by atoms with Crippen LogP contribution in [0.5, 0.6) is 0 Å². The van der Waals surface area contributed by atoms with Crippen LogP contribution < -0.4 is 10.6 Å². The molecule has 1 aliphatic heterocycles. The van der Waals surface area contributed by atoms with Crippen molar-refractivity contribution >= 4 is 35.3 Å². The van der Waals surface area contributed by atoms with Crippen molar-refractivity contribution in [1.29, 1.82) is 0 Å². The fourth-order valence-corrected chi connectivity index (χ4v) is 3.25. The summed E-state index contributed by atoms with van der Waals surface area (Å²) in [4.78, 5) is 18.8. The highest BCUT2D eigenvalue weighted by Gasteiger charge is 2.27. The zero-order valence-electron chi connectivity index (χ0n) is 11.8. The summed E-state index contributed by atoms with van der Waals surface area (Å²) in [6, 6.07) is 8.12. The van der Waals surface area contributed by atoms with E-state index in [-0.39, 0.29) is 18.3 Å². The van der Waals surface area contributed by atoms with Gasteiger partial charge in [-0.3, -0.25) is 4.79 Å². The molecule has 1 amide bonds. The number of nitrogens with two attached hydrogens (primary N) is 1. The first-order valence-corrected chi connectivity index (χ1v) is 7.64. The number of aromatic nitrogens is 1. The summed E-state index contributed by atoms with van der Waals surface area (Å²) < 4.78 is 0. The molecule has 1 aromatic heterocycles. The van der Waals surface area contributed by atoms with Crippen LogP contribution in [0.15, 0.2) is 29.6 Å². The summed E-state index contributed by atoms with van der Waals surface area (Å²) in [7, 11) is 0.